The predicted octanol–water partition coefficient (Wildman–Crippen LogP) is 2.22. The average Bonchev–Trinajstić information content (AvgIpc) is 2.95. The Labute approximate surface area is 117 Å². The van der Waals surface area contributed by atoms with Crippen molar-refractivity contribution in [3.8, 4) is 11.6 Å². The fourth-order valence-electron chi connectivity index (χ4n) is 1.88. The number of aryl methyl sites for hydroxylation is 2. The minimum Gasteiger partial charge on any atom is -0.477 e. The molecule has 0 aliphatic carbocycles. The number of carboxylic acid groups (broad SMARTS) is 1. The van der Waals surface area contributed by atoms with Crippen molar-refractivity contribution in [3.63, 3.8) is 0 Å². The van der Waals surface area contributed by atoms with Gasteiger partial charge in [0.2, 0.25) is 5.88 Å². The fourth-order valence-corrected chi connectivity index (χ4v) is 2.86. The normalized spacial score (nSPS) is 10.9. The largest absolute Gasteiger partial charge is 0.477 e. The molecule has 3 rings (SSSR count). The van der Waals surface area contributed by atoms with Crippen molar-refractivity contribution in [2.24, 2.45) is 7.05 Å². The number of hydrogen-bond acceptors (Lipinski definition) is 6. The fraction of sp³-hybridized carbons (Fsp3) is 0.167. The third-order valence-corrected chi connectivity index (χ3v) is 3.97. The molecule has 0 spiro atoms. The summed E-state index contributed by atoms with van der Waals surface area (Å²) >= 11 is 1.11. The van der Waals surface area contributed by atoms with Gasteiger partial charge in [-0.25, -0.2) is 14.8 Å². The summed E-state index contributed by atoms with van der Waals surface area (Å²) in [5, 5.41) is 13.8. The molecule has 0 unspecified atom stereocenters. The topological polar surface area (TPSA) is 90.1 Å². The lowest BCUT2D eigenvalue weighted by molar-refractivity contribution is 0.0701. The zero-order chi connectivity index (χ0) is 14.3. The van der Waals surface area contributed by atoms with Crippen LogP contribution < -0.4 is 4.74 Å². The standard InChI is InChI=1S/C12H10N4O3S/c1-6-8-10(19-7-3-15-16(2)4-7)13-5-14-11(8)20-9(6)12(17)18/h3-5H,1-2H3,(H,17,18). The van der Waals surface area contributed by atoms with Gasteiger partial charge in [0.15, 0.2) is 5.75 Å². The summed E-state index contributed by atoms with van der Waals surface area (Å²) < 4.78 is 7.27. The van der Waals surface area contributed by atoms with Crippen LogP contribution in [0.2, 0.25) is 0 Å². The van der Waals surface area contributed by atoms with Crippen LogP contribution in [0, 0.1) is 6.92 Å². The van der Waals surface area contributed by atoms with E-state index in [-0.39, 0.29) is 4.88 Å². The summed E-state index contributed by atoms with van der Waals surface area (Å²) in [6, 6.07) is 0. The Balaban J connectivity index is 2.13. The lowest BCUT2D eigenvalue weighted by Gasteiger charge is -2.03. The van der Waals surface area contributed by atoms with Gasteiger partial charge in [-0.05, 0) is 12.5 Å². The molecule has 0 fully saturated rings. The van der Waals surface area contributed by atoms with E-state index in [0.717, 1.165) is 11.3 Å². The van der Waals surface area contributed by atoms with Crippen LogP contribution >= 0.6 is 11.3 Å². The van der Waals surface area contributed by atoms with Crippen LogP contribution in [0.5, 0.6) is 11.6 Å². The molecular formula is C12H10N4O3S. The number of aromatic carboxylic acids is 1. The Morgan fingerprint density at radius 2 is 2.25 bits per heavy atom. The average molecular weight is 290 g/mol. The van der Waals surface area contributed by atoms with Crippen LogP contribution in [0.15, 0.2) is 18.7 Å². The molecule has 0 aliphatic rings. The van der Waals surface area contributed by atoms with Crippen molar-refractivity contribution in [1.82, 2.24) is 19.7 Å². The van der Waals surface area contributed by atoms with Crippen LogP contribution in [-0.2, 0) is 7.05 Å². The predicted molar refractivity (Wildman–Crippen MR) is 72.4 cm³/mol. The SMILES string of the molecule is Cc1c(C(=O)O)sc2ncnc(Oc3cnn(C)c3)c12. The van der Waals surface area contributed by atoms with E-state index in [4.69, 9.17) is 9.84 Å². The van der Waals surface area contributed by atoms with Crippen molar-refractivity contribution < 1.29 is 14.6 Å². The molecule has 3 aromatic rings. The molecule has 0 saturated heterocycles. The molecule has 0 aliphatic heterocycles. The van der Waals surface area contributed by atoms with E-state index in [2.05, 4.69) is 15.1 Å². The van der Waals surface area contributed by atoms with Gasteiger partial charge >= 0.3 is 5.97 Å². The van der Waals surface area contributed by atoms with Crippen molar-refractivity contribution >= 4 is 27.5 Å². The Morgan fingerprint density at radius 1 is 1.45 bits per heavy atom. The quantitative estimate of drug-likeness (QED) is 0.795. The second-order valence-corrected chi connectivity index (χ2v) is 5.17. The summed E-state index contributed by atoms with van der Waals surface area (Å²) in [4.78, 5) is 20.2. The van der Waals surface area contributed by atoms with E-state index in [1.807, 2.05) is 0 Å². The summed E-state index contributed by atoms with van der Waals surface area (Å²) in [6.07, 6.45) is 4.62. The molecule has 0 amide bonds. The zero-order valence-electron chi connectivity index (χ0n) is 10.7. The third kappa shape index (κ3) is 1.99. The smallest absolute Gasteiger partial charge is 0.346 e. The van der Waals surface area contributed by atoms with Crippen LogP contribution in [0.4, 0.5) is 0 Å². The number of thiophene rings is 1. The highest BCUT2D eigenvalue weighted by molar-refractivity contribution is 7.20. The Kier molecular flexibility index (Phi) is 2.87. The van der Waals surface area contributed by atoms with E-state index in [1.54, 1.807) is 31.0 Å². The van der Waals surface area contributed by atoms with Crippen LogP contribution in [-0.4, -0.2) is 30.8 Å². The van der Waals surface area contributed by atoms with Gasteiger partial charge in [0.1, 0.15) is 16.0 Å². The highest BCUT2D eigenvalue weighted by Crippen LogP contribution is 2.35. The molecule has 0 atom stereocenters. The second kappa shape index (κ2) is 4.57. The van der Waals surface area contributed by atoms with Gasteiger partial charge in [0.25, 0.3) is 0 Å². The Morgan fingerprint density at radius 3 is 2.90 bits per heavy atom. The van der Waals surface area contributed by atoms with Crippen molar-refractivity contribution in [2.45, 2.75) is 6.92 Å². The first kappa shape index (κ1) is 12.5. The van der Waals surface area contributed by atoms with E-state index in [9.17, 15) is 4.79 Å². The van der Waals surface area contributed by atoms with Gasteiger partial charge in [-0.15, -0.1) is 11.3 Å². The van der Waals surface area contributed by atoms with Gasteiger partial charge in [-0.1, -0.05) is 0 Å². The first-order valence-corrected chi connectivity index (χ1v) is 6.52. The van der Waals surface area contributed by atoms with Crippen molar-refractivity contribution in [3.05, 3.63) is 29.2 Å². The summed E-state index contributed by atoms with van der Waals surface area (Å²) in [5.41, 5.74) is 0.608. The number of aromatic nitrogens is 4. The highest BCUT2D eigenvalue weighted by Gasteiger charge is 2.19. The minimum absolute atomic E-state index is 0.247. The first-order valence-electron chi connectivity index (χ1n) is 5.70. The summed E-state index contributed by atoms with van der Waals surface area (Å²) in [7, 11) is 1.78. The highest BCUT2D eigenvalue weighted by atomic mass is 32.1. The number of nitrogens with zero attached hydrogens (tertiary/aromatic N) is 4. The molecule has 0 bridgehead atoms. The molecule has 3 heterocycles. The summed E-state index contributed by atoms with van der Waals surface area (Å²) in [5.74, 6) is -0.1000. The number of ether oxygens (including phenoxy) is 1. The first-order chi connectivity index (χ1) is 9.56. The van der Waals surface area contributed by atoms with Crippen molar-refractivity contribution in [1.29, 1.82) is 0 Å². The maximum Gasteiger partial charge on any atom is 0.346 e. The molecule has 1 N–H and O–H groups in total. The maximum atomic E-state index is 11.2. The van der Waals surface area contributed by atoms with Crippen molar-refractivity contribution in [2.75, 3.05) is 0 Å². The van der Waals surface area contributed by atoms with Gasteiger partial charge in [-0.2, -0.15) is 5.10 Å². The molecule has 0 radical (unpaired) electrons. The van der Waals surface area contributed by atoms with E-state index < -0.39 is 5.97 Å². The number of fused-ring (bicyclic) bond motifs is 1. The molecule has 3 aromatic heterocycles. The summed E-state index contributed by atoms with van der Waals surface area (Å²) in [6.45, 7) is 1.72. The van der Waals surface area contributed by atoms with E-state index in [1.165, 1.54) is 6.33 Å². The van der Waals surface area contributed by atoms with Gasteiger partial charge in [-0.3, -0.25) is 4.68 Å². The number of carbonyl (C=O) groups is 1. The minimum atomic E-state index is -0.974. The second-order valence-electron chi connectivity index (χ2n) is 4.17. The molecule has 0 saturated carbocycles. The van der Waals surface area contributed by atoms with Crippen LogP contribution in [0.25, 0.3) is 10.2 Å². The maximum absolute atomic E-state index is 11.2. The third-order valence-electron chi connectivity index (χ3n) is 2.78. The molecule has 0 aromatic carbocycles. The lowest BCUT2D eigenvalue weighted by atomic mass is 10.2. The van der Waals surface area contributed by atoms with Crippen LogP contribution in [0.1, 0.15) is 15.2 Å². The van der Waals surface area contributed by atoms with Crippen LogP contribution in [0.3, 0.4) is 0 Å². The molecule has 20 heavy (non-hydrogen) atoms. The van der Waals surface area contributed by atoms with E-state index >= 15 is 0 Å². The van der Waals surface area contributed by atoms with E-state index in [0.29, 0.717) is 27.4 Å². The van der Waals surface area contributed by atoms with Gasteiger partial charge in [0.05, 0.1) is 17.8 Å². The Hall–Kier alpha value is -2.48. The Bertz CT molecular complexity index is 808. The number of rotatable bonds is 3. The molecule has 8 heteroatoms. The van der Waals surface area contributed by atoms with Gasteiger partial charge in [0, 0.05) is 7.05 Å². The number of hydrogen-bond donors (Lipinski definition) is 1. The molecule has 102 valence electrons. The monoisotopic (exact) mass is 290 g/mol. The number of carboxylic acids is 1. The molecule has 7 nitrogen and oxygen atoms in total. The zero-order valence-corrected chi connectivity index (χ0v) is 11.5. The molecular weight excluding hydrogens is 280 g/mol. The lowest BCUT2D eigenvalue weighted by Crippen LogP contribution is -1.94. The van der Waals surface area contributed by atoms with Gasteiger partial charge < -0.3 is 9.84 Å².